The molecule has 0 spiro atoms. The molecule has 2 heterocycles. The lowest BCUT2D eigenvalue weighted by Gasteiger charge is -2.30. The van der Waals surface area contributed by atoms with Gasteiger partial charge in [-0.2, -0.15) is 5.26 Å². The van der Waals surface area contributed by atoms with Crippen LogP contribution in [0.1, 0.15) is 31.7 Å². The standard InChI is InChI=1S/C32H32F2N4O3S/c1-21-5-3-12-38(20-21)13-4-14-40-32-18-28-25(17-31(32)39-2)29(10-11-36-28)41-30-9-6-23(16-27(30)34)37-42-24-7-8-26(33)22(15-24)19-35/h6-11,15-18,21,37H,3-5,12-14,20H2,1-2H3. The Hall–Kier alpha value is -4.07. The van der Waals surface area contributed by atoms with Gasteiger partial charge in [-0.15, -0.1) is 0 Å². The molecule has 0 amide bonds. The third-order valence-electron chi connectivity index (χ3n) is 7.10. The van der Waals surface area contributed by atoms with Gasteiger partial charge in [-0.3, -0.25) is 4.98 Å². The van der Waals surface area contributed by atoms with Crippen LogP contribution in [-0.2, 0) is 0 Å². The first kappa shape index (κ1) is 29.4. The number of nitrogens with one attached hydrogen (secondary N) is 1. The van der Waals surface area contributed by atoms with Crippen molar-refractivity contribution in [2.24, 2.45) is 5.92 Å². The van der Waals surface area contributed by atoms with Crippen molar-refractivity contribution in [1.29, 1.82) is 5.26 Å². The molecule has 3 aromatic carbocycles. The first-order valence-electron chi connectivity index (χ1n) is 13.9. The molecule has 1 unspecified atom stereocenters. The van der Waals surface area contributed by atoms with E-state index in [2.05, 4.69) is 21.5 Å². The van der Waals surface area contributed by atoms with Gasteiger partial charge in [0.15, 0.2) is 23.1 Å². The number of hydrogen-bond donors (Lipinski definition) is 1. The first-order chi connectivity index (χ1) is 20.4. The number of anilines is 1. The van der Waals surface area contributed by atoms with Crippen molar-refractivity contribution < 1.29 is 23.0 Å². The van der Waals surface area contributed by atoms with Crippen LogP contribution in [0.15, 0.2) is 65.7 Å². The van der Waals surface area contributed by atoms with Gasteiger partial charge in [0.05, 0.1) is 24.8 Å². The van der Waals surface area contributed by atoms with Crippen molar-refractivity contribution in [2.45, 2.75) is 31.1 Å². The van der Waals surface area contributed by atoms with Crippen LogP contribution in [0.4, 0.5) is 14.5 Å². The van der Waals surface area contributed by atoms with Gasteiger partial charge in [-0.25, -0.2) is 8.78 Å². The lowest BCUT2D eigenvalue weighted by atomic mass is 10.0. The molecule has 7 nitrogen and oxygen atoms in total. The number of hydrogen-bond acceptors (Lipinski definition) is 8. The van der Waals surface area contributed by atoms with Crippen LogP contribution in [0.5, 0.6) is 23.0 Å². The van der Waals surface area contributed by atoms with Crippen LogP contribution < -0.4 is 18.9 Å². The van der Waals surface area contributed by atoms with Gasteiger partial charge < -0.3 is 23.8 Å². The number of benzene rings is 3. The molecule has 42 heavy (non-hydrogen) atoms. The summed E-state index contributed by atoms with van der Waals surface area (Å²) in [4.78, 5) is 7.58. The van der Waals surface area contributed by atoms with Crippen LogP contribution in [0.3, 0.4) is 0 Å². The number of aromatic nitrogens is 1. The highest BCUT2D eigenvalue weighted by molar-refractivity contribution is 8.00. The molecule has 1 aromatic heterocycles. The largest absolute Gasteiger partial charge is 0.493 e. The summed E-state index contributed by atoms with van der Waals surface area (Å²) in [5.41, 5.74) is 1.06. The Labute approximate surface area is 248 Å². The second kappa shape index (κ2) is 13.7. The van der Waals surface area contributed by atoms with Crippen molar-refractivity contribution in [3.05, 3.63) is 78.0 Å². The average Bonchev–Trinajstić information content (AvgIpc) is 3.00. The highest BCUT2D eigenvalue weighted by Crippen LogP contribution is 2.38. The van der Waals surface area contributed by atoms with Crippen LogP contribution in [-0.4, -0.2) is 43.2 Å². The number of rotatable bonds is 11. The van der Waals surface area contributed by atoms with Gasteiger partial charge in [-0.1, -0.05) is 6.92 Å². The number of likely N-dealkylation sites (tertiary alicyclic amines) is 1. The molecule has 0 saturated carbocycles. The van der Waals surface area contributed by atoms with E-state index in [9.17, 15) is 4.39 Å². The van der Waals surface area contributed by atoms with Gasteiger partial charge in [-0.05, 0) is 86.1 Å². The van der Waals surface area contributed by atoms with Gasteiger partial charge in [0, 0.05) is 47.4 Å². The van der Waals surface area contributed by atoms with Crippen LogP contribution in [0.25, 0.3) is 10.9 Å². The summed E-state index contributed by atoms with van der Waals surface area (Å²) in [6.45, 7) is 6.16. The topological polar surface area (TPSA) is 79.6 Å². The van der Waals surface area contributed by atoms with E-state index in [1.807, 2.05) is 6.07 Å². The summed E-state index contributed by atoms with van der Waals surface area (Å²) in [6, 6.07) is 15.8. The molecular weight excluding hydrogens is 558 g/mol. The summed E-state index contributed by atoms with van der Waals surface area (Å²) in [5, 5.41) is 9.67. The van der Waals surface area contributed by atoms with Gasteiger partial charge in [0.2, 0.25) is 0 Å². The predicted molar refractivity (Wildman–Crippen MR) is 160 cm³/mol. The predicted octanol–water partition coefficient (Wildman–Crippen LogP) is 7.81. The molecule has 4 aromatic rings. The Morgan fingerprint density at radius 2 is 1.93 bits per heavy atom. The molecule has 10 heteroatoms. The zero-order valence-corrected chi connectivity index (χ0v) is 24.3. The van der Waals surface area contributed by atoms with Crippen molar-refractivity contribution in [3.63, 3.8) is 0 Å². The van der Waals surface area contributed by atoms with E-state index < -0.39 is 11.6 Å². The number of piperidine rings is 1. The molecular formula is C32H32F2N4O3S. The SMILES string of the molecule is COc1cc2c(Oc3ccc(NSc4ccc(F)c(C#N)c4)cc3F)ccnc2cc1OCCCN1CCCC(C)C1. The molecule has 1 saturated heterocycles. The summed E-state index contributed by atoms with van der Waals surface area (Å²) in [6.07, 6.45) is 5.08. The van der Waals surface area contributed by atoms with E-state index in [0.717, 1.165) is 43.9 Å². The highest BCUT2D eigenvalue weighted by atomic mass is 32.2. The maximum atomic E-state index is 15.0. The molecule has 1 atom stereocenters. The van der Waals surface area contributed by atoms with Crippen molar-refractivity contribution in [2.75, 3.05) is 38.1 Å². The lowest BCUT2D eigenvalue weighted by Crippen LogP contribution is -2.35. The number of fused-ring (bicyclic) bond motifs is 1. The quantitative estimate of drug-likeness (QED) is 0.140. The molecule has 0 radical (unpaired) electrons. The fraction of sp³-hybridized carbons (Fsp3) is 0.312. The van der Waals surface area contributed by atoms with E-state index in [-0.39, 0.29) is 11.3 Å². The second-order valence-corrected chi connectivity index (χ2v) is 11.2. The molecule has 0 aliphatic carbocycles. The third kappa shape index (κ3) is 7.22. The van der Waals surface area contributed by atoms with Crippen LogP contribution in [0, 0.1) is 28.9 Å². The Kier molecular flexibility index (Phi) is 9.62. The Bertz CT molecular complexity index is 1600. The molecule has 1 N–H and O–H groups in total. The minimum Gasteiger partial charge on any atom is -0.493 e. The first-order valence-corrected chi connectivity index (χ1v) is 14.7. The normalized spacial score (nSPS) is 15.3. The van der Waals surface area contributed by atoms with Crippen molar-refractivity contribution >= 4 is 28.5 Å². The van der Waals surface area contributed by atoms with Gasteiger partial charge in [0.25, 0.3) is 0 Å². The van der Waals surface area contributed by atoms with E-state index in [1.165, 1.54) is 43.2 Å². The third-order valence-corrected chi connectivity index (χ3v) is 7.93. The zero-order chi connectivity index (χ0) is 29.5. The highest BCUT2D eigenvalue weighted by Gasteiger charge is 2.17. The van der Waals surface area contributed by atoms with E-state index in [4.69, 9.17) is 19.5 Å². The average molecular weight is 591 g/mol. The minimum atomic E-state index is -0.586. The number of methoxy groups -OCH3 is 1. The van der Waals surface area contributed by atoms with Gasteiger partial charge in [0.1, 0.15) is 17.6 Å². The fourth-order valence-electron chi connectivity index (χ4n) is 4.99. The Morgan fingerprint density at radius 1 is 1.05 bits per heavy atom. The monoisotopic (exact) mass is 590 g/mol. The smallest absolute Gasteiger partial charge is 0.167 e. The summed E-state index contributed by atoms with van der Waals surface area (Å²) >= 11 is 1.14. The molecule has 1 aliphatic rings. The molecule has 5 rings (SSSR count). The maximum absolute atomic E-state index is 15.0. The maximum Gasteiger partial charge on any atom is 0.167 e. The van der Waals surface area contributed by atoms with E-state index in [0.29, 0.717) is 45.3 Å². The fourth-order valence-corrected chi connectivity index (χ4v) is 5.66. The molecule has 1 aliphatic heterocycles. The Morgan fingerprint density at radius 3 is 2.71 bits per heavy atom. The number of nitrogens with zero attached hydrogens (tertiary/aromatic N) is 3. The summed E-state index contributed by atoms with van der Waals surface area (Å²) < 4.78 is 49.3. The number of ether oxygens (including phenoxy) is 3. The summed E-state index contributed by atoms with van der Waals surface area (Å²) in [7, 11) is 1.58. The van der Waals surface area contributed by atoms with Crippen molar-refractivity contribution in [1.82, 2.24) is 9.88 Å². The Balaban J connectivity index is 1.24. The van der Waals surface area contributed by atoms with Crippen LogP contribution in [0.2, 0.25) is 0 Å². The summed E-state index contributed by atoms with van der Waals surface area (Å²) in [5.74, 6) is 1.20. The van der Waals surface area contributed by atoms with Crippen molar-refractivity contribution in [3.8, 4) is 29.1 Å². The minimum absolute atomic E-state index is 0.0397. The van der Waals surface area contributed by atoms with E-state index >= 15 is 4.39 Å². The molecule has 0 bridgehead atoms. The number of pyridine rings is 1. The zero-order valence-electron chi connectivity index (χ0n) is 23.5. The van der Waals surface area contributed by atoms with Crippen LogP contribution >= 0.6 is 11.9 Å². The molecule has 1 fully saturated rings. The van der Waals surface area contributed by atoms with Gasteiger partial charge >= 0.3 is 0 Å². The number of halogens is 2. The lowest BCUT2D eigenvalue weighted by molar-refractivity contribution is 0.169. The molecule has 218 valence electrons. The second-order valence-electron chi connectivity index (χ2n) is 10.3. The van der Waals surface area contributed by atoms with E-state index in [1.54, 1.807) is 37.6 Å². The number of nitriles is 1.